The zero-order chi connectivity index (χ0) is 13.3. The van der Waals surface area contributed by atoms with Crippen LogP contribution >= 0.6 is 11.3 Å². The molecule has 1 saturated heterocycles. The van der Waals surface area contributed by atoms with Gasteiger partial charge in [-0.2, -0.15) is 4.31 Å². The third-order valence-electron chi connectivity index (χ3n) is 3.45. The molecule has 19 heavy (non-hydrogen) atoms. The van der Waals surface area contributed by atoms with Crippen LogP contribution in [0.15, 0.2) is 52.1 Å². The van der Waals surface area contributed by atoms with E-state index in [9.17, 15) is 8.42 Å². The highest BCUT2D eigenvalue weighted by atomic mass is 32.2. The summed E-state index contributed by atoms with van der Waals surface area (Å²) in [5.74, 6) is 0. The lowest BCUT2D eigenvalue weighted by Gasteiger charge is -2.23. The molecular formula is C14H15NO2S2. The summed E-state index contributed by atoms with van der Waals surface area (Å²) in [4.78, 5) is 0. The molecule has 0 N–H and O–H groups in total. The van der Waals surface area contributed by atoms with Crippen molar-refractivity contribution < 1.29 is 8.42 Å². The fraction of sp³-hybridized carbons (Fsp3) is 0.286. The van der Waals surface area contributed by atoms with E-state index in [1.807, 2.05) is 30.3 Å². The molecule has 2 aromatic rings. The van der Waals surface area contributed by atoms with Crippen LogP contribution < -0.4 is 0 Å². The van der Waals surface area contributed by atoms with Crippen LogP contribution in [-0.2, 0) is 10.0 Å². The minimum Gasteiger partial charge on any atom is -0.206 e. The fourth-order valence-electron chi connectivity index (χ4n) is 2.56. The first kappa shape index (κ1) is 12.8. The molecule has 0 spiro atoms. The topological polar surface area (TPSA) is 37.4 Å². The Labute approximate surface area is 117 Å². The summed E-state index contributed by atoms with van der Waals surface area (Å²) in [5, 5.41) is 1.81. The number of nitrogens with zero attached hydrogens (tertiary/aromatic N) is 1. The lowest BCUT2D eigenvalue weighted by molar-refractivity contribution is 0.398. The summed E-state index contributed by atoms with van der Waals surface area (Å²) in [5.41, 5.74) is 1.08. The molecule has 1 aliphatic heterocycles. The smallest absolute Gasteiger partial charge is 0.206 e. The van der Waals surface area contributed by atoms with Gasteiger partial charge in [-0.05, 0) is 29.9 Å². The molecule has 0 saturated carbocycles. The Hall–Kier alpha value is -1.17. The maximum Gasteiger partial charge on any atom is 0.253 e. The van der Waals surface area contributed by atoms with Crippen molar-refractivity contribution in [3.05, 3.63) is 53.4 Å². The molecule has 1 atom stereocenters. The Morgan fingerprint density at radius 1 is 1.11 bits per heavy atom. The van der Waals surface area contributed by atoms with Gasteiger partial charge in [0, 0.05) is 6.54 Å². The molecule has 1 aliphatic rings. The van der Waals surface area contributed by atoms with Crippen LogP contribution in [-0.4, -0.2) is 19.3 Å². The van der Waals surface area contributed by atoms with Crippen LogP contribution in [0, 0.1) is 0 Å². The number of benzene rings is 1. The predicted molar refractivity (Wildman–Crippen MR) is 76.6 cm³/mol. The largest absolute Gasteiger partial charge is 0.253 e. The van der Waals surface area contributed by atoms with Gasteiger partial charge in [-0.15, -0.1) is 11.3 Å². The molecule has 0 radical (unpaired) electrons. The van der Waals surface area contributed by atoms with Gasteiger partial charge in [-0.25, -0.2) is 8.42 Å². The number of sulfonamides is 1. The quantitative estimate of drug-likeness (QED) is 0.871. The highest BCUT2D eigenvalue weighted by Crippen LogP contribution is 2.37. The minimum atomic E-state index is -3.34. The second-order valence-electron chi connectivity index (χ2n) is 4.62. The summed E-state index contributed by atoms with van der Waals surface area (Å²) < 4.78 is 27.3. The van der Waals surface area contributed by atoms with Gasteiger partial charge < -0.3 is 0 Å². The zero-order valence-corrected chi connectivity index (χ0v) is 12.0. The van der Waals surface area contributed by atoms with Crippen LogP contribution in [0.25, 0.3) is 0 Å². The molecule has 1 fully saturated rings. The number of hydrogen-bond acceptors (Lipinski definition) is 3. The molecular weight excluding hydrogens is 278 g/mol. The van der Waals surface area contributed by atoms with Crippen LogP contribution in [0.2, 0.25) is 0 Å². The highest BCUT2D eigenvalue weighted by Gasteiger charge is 2.36. The number of hydrogen-bond donors (Lipinski definition) is 0. The molecule has 0 bridgehead atoms. The standard InChI is InChI=1S/C14H15NO2S2/c16-19(17,14-9-5-11-18-14)15-10-4-8-13(15)12-6-2-1-3-7-12/h1-3,5-7,9,11,13H,4,8,10H2. The van der Waals surface area contributed by atoms with Crippen molar-refractivity contribution in [3.63, 3.8) is 0 Å². The van der Waals surface area contributed by atoms with Crippen molar-refractivity contribution in [2.75, 3.05) is 6.54 Å². The molecule has 1 unspecified atom stereocenters. The fourth-order valence-corrected chi connectivity index (χ4v) is 5.36. The van der Waals surface area contributed by atoms with E-state index in [1.54, 1.807) is 21.8 Å². The van der Waals surface area contributed by atoms with Crippen molar-refractivity contribution in [1.82, 2.24) is 4.31 Å². The van der Waals surface area contributed by atoms with E-state index < -0.39 is 10.0 Å². The molecule has 1 aromatic heterocycles. The van der Waals surface area contributed by atoms with Gasteiger partial charge >= 0.3 is 0 Å². The van der Waals surface area contributed by atoms with Crippen LogP contribution in [0.1, 0.15) is 24.4 Å². The van der Waals surface area contributed by atoms with E-state index in [4.69, 9.17) is 0 Å². The van der Waals surface area contributed by atoms with E-state index in [2.05, 4.69) is 0 Å². The van der Waals surface area contributed by atoms with E-state index in [-0.39, 0.29) is 6.04 Å². The molecule has 3 rings (SSSR count). The van der Waals surface area contributed by atoms with Crippen LogP contribution in [0.4, 0.5) is 0 Å². The number of thiophene rings is 1. The van der Waals surface area contributed by atoms with Crippen molar-refractivity contribution in [2.24, 2.45) is 0 Å². The summed E-state index contributed by atoms with van der Waals surface area (Å²) in [6, 6.07) is 13.3. The van der Waals surface area contributed by atoms with E-state index in [1.165, 1.54) is 11.3 Å². The molecule has 5 heteroatoms. The molecule has 0 aliphatic carbocycles. The second kappa shape index (κ2) is 5.07. The van der Waals surface area contributed by atoms with Gasteiger partial charge in [0.05, 0.1) is 6.04 Å². The molecule has 100 valence electrons. The van der Waals surface area contributed by atoms with E-state index in [0.717, 1.165) is 18.4 Å². The third kappa shape index (κ3) is 2.33. The normalized spacial score (nSPS) is 20.7. The average Bonchev–Trinajstić information content (AvgIpc) is 3.11. The summed E-state index contributed by atoms with van der Waals surface area (Å²) in [7, 11) is -3.34. The Balaban J connectivity index is 1.97. The van der Waals surface area contributed by atoms with Gasteiger partial charge in [0.2, 0.25) is 0 Å². The van der Waals surface area contributed by atoms with Crippen LogP contribution in [0.3, 0.4) is 0 Å². The lowest BCUT2D eigenvalue weighted by Crippen LogP contribution is -2.30. The van der Waals surface area contributed by atoms with Crippen LogP contribution in [0.5, 0.6) is 0 Å². The Bertz CT molecular complexity index is 635. The predicted octanol–water partition coefficient (Wildman–Crippen LogP) is 3.27. The molecule has 1 aromatic carbocycles. The van der Waals surface area contributed by atoms with E-state index >= 15 is 0 Å². The van der Waals surface area contributed by atoms with E-state index in [0.29, 0.717) is 10.8 Å². The summed E-state index contributed by atoms with van der Waals surface area (Å²) >= 11 is 1.28. The maximum absolute atomic E-state index is 12.6. The second-order valence-corrected chi connectivity index (χ2v) is 7.68. The molecule has 2 heterocycles. The molecule has 0 amide bonds. The lowest BCUT2D eigenvalue weighted by atomic mass is 10.1. The van der Waals surface area contributed by atoms with Gasteiger partial charge in [0.15, 0.2) is 0 Å². The molecule has 3 nitrogen and oxygen atoms in total. The Morgan fingerprint density at radius 3 is 2.58 bits per heavy atom. The maximum atomic E-state index is 12.6. The van der Waals surface area contributed by atoms with Gasteiger partial charge in [-0.3, -0.25) is 0 Å². The van der Waals surface area contributed by atoms with Crippen molar-refractivity contribution in [2.45, 2.75) is 23.1 Å². The third-order valence-corrected chi connectivity index (χ3v) is 6.73. The average molecular weight is 293 g/mol. The van der Waals surface area contributed by atoms with Gasteiger partial charge in [0.1, 0.15) is 4.21 Å². The first-order valence-electron chi connectivity index (χ1n) is 6.30. The Kier molecular flexibility index (Phi) is 3.43. The van der Waals surface area contributed by atoms with Gasteiger partial charge in [-0.1, -0.05) is 36.4 Å². The van der Waals surface area contributed by atoms with Gasteiger partial charge in [0.25, 0.3) is 10.0 Å². The number of rotatable bonds is 3. The zero-order valence-electron chi connectivity index (χ0n) is 10.4. The van der Waals surface area contributed by atoms with Crippen molar-refractivity contribution >= 4 is 21.4 Å². The van der Waals surface area contributed by atoms with Crippen molar-refractivity contribution in [3.8, 4) is 0 Å². The first-order chi connectivity index (χ1) is 9.19. The highest BCUT2D eigenvalue weighted by molar-refractivity contribution is 7.91. The SMILES string of the molecule is O=S(=O)(c1cccs1)N1CCCC1c1ccccc1. The Morgan fingerprint density at radius 2 is 1.89 bits per heavy atom. The monoisotopic (exact) mass is 293 g/mol. The first-order valence-corrected chi connectivity index (χ1v) is 8.62. The summed E-state index contributed by atoms with van der Waals surface area (Å²) in [6.07, 6.45) is 1.82. The minimum absolute atomic E-state index is 0.0201. The van der Waals surface area contributed by atoms with Crippen molar-refractivity contribution in [1.29, 1.82) is 0 Å². The summed E-state index contributed by atoms with van der Waals surface area (Å²) in [6.45, 7) is 0.611.